The van der Waals surface area contributed by atoms with Crippen molar-refractivity contribution in [3.05, 3.63) is 93.6 Å². The summed E-state index contributed by atoms with van der Waals surface area (Å²) in [5.74, 6) is 0.00125. The molecule has 0 spiro atoms. The second kappa shape index (κ2) is 10.4. The number of amides is 1. The zero-order chi connectivity index (χ0) is 24.1. The number of nitrogens with one attached hydrogen (secondary N) is 1. The summed E-state index contributed by atoms with van der Waals surface area (Å²) in [5.41, 5.74) is 4.85. The maximum absolute atomic E-state index is 13.3. The van der Waals surface area contributed by atoms with E-state index in [1.54, 1.807) is 12.1 Å². The molecule has 0 unspecified atom stereocenters. The number of hydrogen-bond donors (Lipinski definition) is 1. The lowest BCUT2D eigenvalue weighted by Gasteiger charge is -2.12. The number of carbonyl (C=O) groups excluding carboxylic acids is 1. The van der Waals surface area contributed by atoms with E-state index in [9.17, 15) is 9.59 Å². The number of anilines is 1. The lowest BCUT2D eigenvalue weighted by atomic mass is 10.1. The Kier molecular flexibility index (Phi) is 7.12. The van der Waals surface area contributed by atoms with Crippen molar-refractivity contribution in [2.24, 2.45) is 0 Å². The van der Waals surface area contributed by atoms with Gasteiger partial charge in [0.05, 0.1) is 5.39 Å². The maximum Gasteiger partial charge on any atom is 0.262 e. The van der Waals surface area contributed by atoms with Crippen LogP contribution in [-0.2, 0) is 11.2 Å². The van der Waals surface area contributed by atoms with E-state index in [1.165, 1.54) is 5.56 Å². The minimum atomic E-state index is -0.347. The number of unbranched alkanes of at least 4 members (excludes halogenated alkanes) is 1. The van der Waals surface area contributed by atoms with Gasteiger partial charge < -0.3 is 14.5 Å². The summed E-state index contributed by atoms with van der Waals surface area (Å²) in [7, 11) is 0. The van der Waals surface area contributed by atoms with Gasteiger partial charge in [0.25, 0.3) is 5.91 Å². The second-order valence-corrected chi connectivity index (χ2v) is 8.59. The fourth-order valence-electron chi connectivity index (χ4n) is 3.79. The standard InChI is InChI=1S/C29H29NO4/c1-4-5-6-21-10-14-23(15-11-21)30-26(31)18-33-29-27(32)24-17-20(3)9-16-25(24)34-28(29)22-12-7-19(2)8-13-22/h7-17H,4-6,18H2,1-3H3,(H,30,31). The summed E-state index contributed by atoms with van der Waals surface area (Å²) in [5, 5.41) is 3.26. The summed E-state index contributed by atoms with van der Waals surface area (Å²) in [6.45, 7) is 5.75. The normalized spacial score (nSPS) is 10.9. The van der Waals surface area contributed by atoms with Crippen LogP contribution in [0.25, 0.3) is 22.3 Å². The van der Waals surface area contributed by atoms with Gasteiger partial charge in [0.15, 0.2) is 12.4 Å². The van der Waals surface area contributed by atoms with Gasteiger partial charge in [-0.05, 0) is 56.5 Å². The van der Waals surface area contributed by atoms with Crippen LogP contribution in [0, 0.1) is 13.8 Å². The van der Waals surface area contributed by atoms with Crippen molar-refractivity contribution < 1.29 is 13.9 Å². The Balaban J connectivity index is 1.58. The summed E-state index contributed by atoms with van der Waals surface area (Å²) in [6.07, 6.45) is 3.30. The Bertz CT molecular complexity index is 1350. The summed E-state index contributed by atoms with van der Waals surface area (Å²) in [4.78, 5) is 25.9. The van der Waals surface area contributed by atoms with Crippen LogP contribution < -0.4 is 15.5 Å². The quantitative estimate of drug-likeness (QED) is 0.332. The van der Waals surface area contributed by atoms with Gasteiger partial charge in [-0.1, -0.05) is 66.9 Å². The highest BCUT2D eigenvalue weighted by molar-refractivity contribution is 5.92. The van der Waals surface area contributed by atoms with Crippen LogP contribution in [0.5, 0.6) is 5.75 Å². The van der Waals surface area contributed by atoms with Crippen molar-refractivity contribution in [3.63, 3.8) is 0 Å². The van der Waals surface area contributed by atoms with E-state index >= 15 is 0 Å². The van der Waals surface area contributed by atoms with Crippen molar-refractivity contribution in [2.45, 2.75) is 40.0 Å². The third kappa shape index (κ3) is 5.37. The van der Waals surface area contributed by atoms with Crippen LogP contribution in [0.15, 0.2) is 75.9 Å². The van der Waals surface area contributed by atoms with Crippen LogP contribution in [0.2, 0.25) is 0 Å². The first kappa shape index (κ1) is 23.3. The van der Waals surface area contributed by atoms with E-state index < -0.39 is 0 Å². The number of ether oxygens (including phenoxy) is 1. The number of hydrogen-bond acceptors (Lipinski definition) is 4. The van der Waals surface area contributed by atoms with Crippen molar-refractivity contribution in [1.29, 1.82) is 0 Å². The molecule has 0 atom stereocenters. The molecule has 1 N–H and O–H groups in total. The van der Waals surface area contributed by atoms with E-state index in [1.807, 2.05) is 68.4 Å². The van der Waals surface area contributed by atoms with Gasteiger partial charge in [-0.15, -0.1) is 0 Å². The first-order valence-corrected chi connectivity index (χ1v) is 11.6. The Morgan fingerprint density at radius 2 is 1.65 bits per heavy atom. The zero-order valence-corrected chi connectivity index (χ0v) is 19.8. The Hall–Kier alpha value is -3.86. The Morgan fingerprint density at radius 3 is 2.35 bits per heavy atom. The predicted octanol–water partition coefficient (Wildman–Crippen LogP) is 6.44. The summed E-state index contributed by atoms with van der Waals surface area (Å²) < 4.78 is 11.9. The second-order valence-electron chi connectivity index (χ2n) is 8.59. The average Bonchev–Trinajstić information content (AvgIpc) is 2.84. The summed E-state index contributed by atoms with van der Waals surface area (Å²) in [6, 6.07) is 20.9. The van der Waals surface area contributed by atoms with E-state index in [2.05, 4.69) is 12.2 Å². The predicted molar refractivity (Wildman–Crippen MR) is 137 cm³/mol. The molecular weight excluding hydrogens is 426 g/mol. The maximum atomic E-state index is 13.3. The third-order valence-electron chi connectivity index (χ3n) is 5.72. The number of rotatable bonds is 8. The fourth-order valence-corrected chi connectivity index (χ4v) is 3.79. The molecule has 1 amide bonds. The molecule has 4 aromatic rings. The molecule has 0 bridgehead atoms. The van der Waals surface area contributed by atoms with Crippen molar-refractivity contribution in [3.8, 4) is 17.1 Å². The molecule has 1 aromatic heterocycles. The minimum absolute atomic E-state index is 0.0343. The van der Waals surface area contributed by atoms with Crippen LogP contribution in [-0.4, -0.2) is 12.5 Å². The number of aryl methyl sites for hydroxylation is 3. The number of benzene rings is 3. The first-order valence-electron chi connectivity index (χ1n) is 11.6. The fraction of sp³-hybridized carbons (Fsp3) is 0.241. The molecule has 0 aliphatic heterocycles. The van der Waals surface area contributed by atoms with Gasteiger partial charge in [-0.3, -0.25) is 9.59 Å². The highest BCUT2D eigenvalue weighted by Gasteiger charge is 2.19. The molecule has 34 heavy (non-hydrogen) atoms. The SMILES string of the molecule is CCCCc1ccc(NC(=O)COc2c(-c3ccc(C)cc3)oc3ccc(C)cc3c2=O)cc1. The van der Waals surface area contributed by atoms with E-state index in [0.29, 0.717) is 28.0 Å². The molecule has 0 radical (unpaired) electrons. The lowest BCUT2D eigenvalue weighted by molar-refractivity contribution is -0.118. The first-order chi connectivity index (χ1) is 16.4. The Labute approximate surface area is 199 Å². The molecule has 174 valence electrons. The minimum Gasteiger partial charge on any atom is -0.476 e. The summed E-state index contributed by atoms with van der Waals surface area (Å²) >= 11 is 0. The topological polar surface area (TPSA) is 68.5 Å². The van der Waals surface area contributed by atoms with Crippen LogP contribution >= 0.6 is 0 Å². The molecule has 0 aliphatic rings. The zero-order valence-electron chi connectivity index (χ0n) is 19.8. The third-order valence-corrected chi connectivity index (χ3v) is 5.72. The lowest BCUT2D eigenvalue weighted by Crippen LogP contribution is -2.22. The van der Waals surface area contributed by atoms with Gasteiger partial charge in [0.2, 0.25) is 11.2 Å². The molecule has 5 nitrogen and oxygen atoms in total. The molecule has 0 saturated carbocycles. The number of fused-ring (bicyclic) bond motifs is 1. The largest absolute Gasteiger partial charge is 0.476 e. The van der Waals surface area contributed by atoms with Crippen LogP contribution in [0.4, 0.5) is 5.69 Å². The van der Waals surface area contributed by atoms with Gasteiger partial charge >= 0.3 is 0 Å². The number of carbonyl (C=O) groups is 1. The highest BCUT2D eigenvalue weighted by Crippen LogP contribution is 2.31. The van der Waals surface area contributed by atoms with Crippen LogP contribution in [0.1, 0.15) is 36.5 Å². The molecule has 1 heterocycles. The molecule has 3 aromatic carbocycles. The van der Waals surface area contributed by atoms with E-state index in [4.69, 9.17) is 9.15 Å². The highest BCUT2D eigenvalue weighted by atomic mass is 16.5. The van der Waals surface area contributed by atoms with E-state index in [-0.39, 0.29) is 23.7 Å². The van der Waals surface area contributed by atoms with Crippen LogP contribution in [0.3, 0.4) is 0 Å². The van der Waals surface area contributed by atoms with Crippen molar-refractivity contribution >= 4 is 22.6 Å². The van der Waals surface area contributed by atoms with Gasteiger partial charge in [-0.25, -0.2) is 0 Å². The van der Waals surface area contributed by atoms with Crippen molar-refractivity contribution in [1.82, 2.24) is 0 Å². The average molecular weight is 456 g/mol. The van der Waals surface area contributed by atoms with Gasteiger partial charge in [-0.2, -0.15) is 0 Å². The molecule has 0 fully saturated rings. The van der Waals surface area contributed by atoms with Gasteiger partial charge in [0, 0.05) is 11.3 Å². The molecule has 5 heteroatoms. The molecule has 4 rings (SSSR count). The monoisotopic (exact) mass is 455 g/mol. The smallest absolute Gasteiger partial charge is 0.262 e. The van der Waals surface area contributed by atoms with Crippen molar-refractivity contribution in [2.75, 3.05) is 11.9 Å². The van der Waals surface area contributed by atoms with E-state index in [0.717, 1.165) is 30.4 Å². The Morgan fingerprint density at radius 1 is 0.941 bits per heavy atom. The molecular formula is C29H29NO4. The molecule has 0 saturated heterocycles. The van der Waals surface area contributed by atoms with Gasteiger partial charge in [0.1, 0.15) is 5.58 Å². The molecule has 0 aliphatic carbocycles.